The lowest BCUT2D eigenvalue weighted by Gasteiger charge is -2.05. The van der Waals surface area contributed by atoms with Gasteiger partial charge in [0.25, 0.3) is 5.69 Å². The van der Waals surface area contributed by atoms with E-state index in [-0.39, 0.29) is 22.7 Å². The molecule has 2 rings (SSSR count). The first-order valence-electron chi connectivity index (χ1n) is 6.52. The highest BCUT2D eigenvalue weighted by Gasteiger charge is 2.19. The second-order valence-electron chi connectivity index (χ2n) is 4.49. The molecule has 2 N–H and O–H groups in total. The van der Waals surface area contributed by atoms with Crippen LogP contribution >= 0.6 is 0 Å². The summed E-state index contributed by atoms with van der Waals surface area (Å²) < 4.78 is 4.87. The summed E-state index contributed by atoms with van der Waals surface area (Å²) >= 11 is 0. The van der Waals surface area contributed by atoms with Crippen molar-refractivity contribution in [2.75, 3.05) is 12.5 Å². The number of phenolic OH excluding ortho intramolecular Hbond substituents is 1. The molecule has 124 valence electrons. The monoisotopic (exact) mass is 332 g/mol. The predicted molar refractivity (Wildman–Crippen MR) is 85.6 cm³/mol. The molecule has 0 heterocycles. The minimum absolute atomic E-state index is 0.0867. The van der Waals surface area contributed by atoms with Crippen LogP contribution in [0.2, 0.25) is 0 Å². The first kappa shape index (κ1) is 16.7. The largest absolute Gasteiger partial charge is 0.500 e. The number of hydrazone groups is 1. The molecule has 0 amide bonds. The predicted octanol–water partition coefficient (Wildman–Crippen LogP) is 2.66. The van der Waals surface area contributed by atoms with Crippen LogP contribution in [0.5, 0.6) is 11.5 Å². The maximum absolute atomic E-state index is 10.9. The molecular weight excluding hydrogens is 320 g/mol. The van der Waals surface area contributed by atoms with Gasteiger partial charge in [-0.1, -0.05) is 12.1 Å². The molecule has 10 nitrogen and oxygen atoms in total. The Morgan fingerprint density at radius 2 is 1.83 bits per heavy atom. The molecule has 0 atom stereocenters. The number of benzene rings is 2. The fraction of sp³-hybridized carbons (Fsp3) is 0.0714. The van der Waals surface area contributed by atoms with Crippen molar-refractivity contribution >= 4 is 23.3 Å². The number of para-hydroxylation sites is 2. The molecule has 2 aromatic rings. The van der Waals surface area contributed by atoms with Gasteiger partial charge in [0.05, 0.1) is 23.2 Å². The van der Waals surface area contributed by atoms with Gasteiger partial charge < -0.3 is 9.84 Å². The number of ether oxygens (including phenoxy) is 1. The fourth-order valence-electron chi connectivity index (χ4n) is 1.89. The molecule has 0 aliphatic carbocycles. The van der Waals surface area contributed by atoms with E-state index in [4.69, 9.17) is 4.74 Å². The maximum Gasteiger partial charge on any atom is 0.315 e. The molecule has 0 aliphatic heterocycles. The molecule has 0 bridgehead atoms. The Bertz CT molecular complexity index is 821. The van der Waals surface area contributed by atoms with Gasteiger partial charge in [0.15, 0.2) is 5.75 Å². The second kappa shape index (κ2) is 7.05. The SMILES string of the molecule is COc1cc(/C=N\Nc2ccccc2[N+](=O)[O-])cc([N+](=O)[O-])c1O. The van der Waals surface area contributed by atoms with E-state index in [2.05, 4.69) is 10.5 Å². The third-order valence-corrected chi connectivity index (χ3v) is 2.99. The number of hydrogen-bond donors (Lipinski definition) is 2. The average Bonchev–Trinajstić information content (AvgIpc) is 2.56. The zero-order valence-corrected chi connectivity index (χ0v) is 12.4. The third kappa shape index (κ3) is 3.55. The standard InChI is InChI=1S/C14H12N4O6/c1-24-13-7-9(6-12(14(13)19)18(22)23)8-15-16-10-4-2-3-5-11(10)17(20)21/h2-8,16,19H,1H3/b15-8-. The highest BCUT2D eigenvalue weighted by molar-refractivity contribution is 5.84. The molecule has 10 heteroatoms. The third-order valence-electron chi connectivity index (χ3n) is 2.99. The van der Waals surface area contributed by atoms with Crippen LogP contribution in [0.25, 0.3) is 0 Å². The summed E-state index contributed by atoms with van der Waals surface area (Å²) in [6.07, 6.45) is 1.21. The number of nitro benzene ring substituents is 2. The maximum atomic E-state index is 10.9. The van der Waals surface area contributed by atoms with Crippen molar-refractivity contribution in [1.29, 1.82) is 0 Å². The fourth-order valence-corrected chi connectivity index (χ4v) is 1.89. The van der Waals surface area contributed by atoms with Crippen LogP contribution in [0, 0.1) is 20.2 Å². The molecule has 0 aromatic heterocycles. The van der Waals surface area contributed by atoms with E-state index in [0.717, 1.165) is 6.07 Å². The van der Waals surface area contributed by atoms with E-state index in [9.17, 15) is 25.3 Å². The highest BCUT2D eigenvalue weighted by atomic mass is 16.6. The number of phenols is 1. The van der Waals surface area contributed by atoms with Gasteiger partial charge in [0.1, 0.15) is 5.69 Å². The first-order valence-corrected chi connectivity index (χ1v) is 6.52. The second-order valence-corrected chi connectivity index (χ2v) is 4.49. The first-order chi connectivity index (χ1) is 11.4. The summed E-state index contributed by atoms with van der Waals surface area (Å²) in [5, 5.41) is 35.3. The number of rotatable bonds is 6. The molecule has 24 heavy (non-hydrogen) atoms. The van der Waals surface area contributed by atoms with Gasteiger partial charge in [-0.05, 0) is 12.1 Å². The van der Waals surface area contributed by atoms with Crippen molar-refractivity contribution in [3.63, 3.8) is 0 Å². The van der Waals surface area contributed by atoms with Gasteiger partial charge >= 0.3 is 5.69 Å². The van der Waals surface area contributed by atoms with E-state index in [1.54, 1.807) is 6.07 Å². The summed E-state index contributed by atoms with van der Waals surface area (Å²) in [7, 11) is 1.26. The Morgan fingerprint density at radius 3 is 2.46 bits per heavy atom. The smallest absolute Gasteiger partial charge is 0.315 e. The minimum Gasteiger partial charge on any atom is -0.500 e. The van der Waals surface area contributed by atoms with Crippen LogP contribution < -0.4 is 10.2 Å². The van der Waals surface area contributed by atoms with Gasteiger partial charge in [-0.25, -0.2) is 0 Å². The number of anilines is 1. The lowest BCUT2D eigenvalue weighted by Crippen LogP contribution is -1.98. The Kier molecular flexibility index (Phi) is 4.90. The van der Waals surface area contributed by atoms with Crippen molar-refractivity contribution < 1.29 is 19.7 Å². The summed E-state index contributed by atoms with van der Waals surface area (Å²) in [4.78, 5) is 20.5. The number of nitrogens with zero attached hydrogens (tertiary/aromatic N) is 3. The summed E-state index contributed by atoms with van der Waals surface area (Å²) in [5.74, 6) is -0.678. The Morgan fingerprint density at radius 1 is 1.17 bits per heavy atom. The Balaban J connectivity index is 2.28. The number of nitro groups is 2. The lowest BCUT2D eigenvalue weighted by molar-refractivity contribution is -0.386. The summed E-state index contributed by atoms with van der Waals surface area (Å²) in [6.45, 7) is 0. The van der Waals surface area contributed by atoms with Crippen LogP contribution in [0.15, 0.2) is 41.5 Å². The number of methoxy groups -OCH3 is 1. The Labute approximate surface area is 135 Å². The molecule has 0 saturated heterocycles. The number of hydrogen-bond acceptors (Lipinski definition) is 8. The van der Waals surface area contributed by atoms with E-state index < -0.39 is 21.3 Å². The van der Waals surface area contributed by atoms with E-state index >= 15 is 0 Å². The normalized spacial score (nSPS) is 10.5. The quantitative estimate of drug-likeness (QED) is 0.470. The van der Waals surface area contributed by atoms with Crippen LogP contribution in [0.1, 0.15) is 5.56 Å². The summed E-state index contributed by atoms with van der Waals surface area (Å²) in [5.41, 5.74) is 2.23. The number of aromatic hydroxyl groups is 1. The van der Waals surface area contributed by atoms with Gasteiger partial charge in [0.2, 0.25) is 5.75 Å². The molecule has 0 fully saturated rings. The molecule has 0 aliphatic rings. The highest BCUT2D eigenvalue weighted by Crippen LogP contribution is 2.36. The van der Waals surface area contributed by atoms with Crippen LogP contribution in [0.4, 0.5) is 17.1 Å². The van der Waals surface area contributed by atoms with Crippen molar-refractivity contribution in [3.8, 4) is 11.5 Å². The van der Waals surface area contributed by atoms with Crippen molar-refractivity contribution in [2.45, 2.75) is 0 Å². The van der Waals surface area contributed by atoms with Gasteiger partial charge in [0, 0.05) is 17.7 Å². The average molecular weight is 332 g/mol. The van der Waals surface area contributed by atoms with E-state index in [1.165, 1.54) is 37.6 Å². The lowest BCUT2D eigenvalue weighted by atomic mass is 10.2. The molecule has 0 radical (unpaired) electrons. The zero-order chi connectivity index (χ0) is 17.7. The topological polar surface area (TPSA) is 140 Å². The zero-order valence-electron chi connectivity index (χ0n) is 12.4. The van der Waals surface area contributed by atoms with Crippen LogP contribution in [-0.4, -0.2) is 28.3 Å². The van der Waals surface area contributed by atoms with Crippen LogP contribution in [-0.2, 0) is 0 Å². The van der Waals surface area contributed by atoms with E-state index in [0.29, 0.717) is 0 Å². The van der Waals surface area contributed by atoms with Crippen molar-refractivity contribution in [1.82, 2.24) is 0 Å². The molecule has 0 unspecified atom stereocenters. The molecule has 0 saturated carbocycles. The van der Waals surface area contributed by atoms with Crippen molar-refractivity contribution in [3.05, 3.63) is 62.2 Å². The van der Waals surface area contributed by atoms with Gasteiger partial charge in [-0.2, -0.15) is 5.10 Å². The summed E-state index contributed by atoms with van der Waals surface area (Å²) in [6, 6.07) is 8.33. The number of nitrogens with one attached hydrogen (secondary N) is 1. The minimum atomic E-state index is -0.759. The van der Waals surface area contributed by atoms with Gasteiger partial charge in [-0.15, -0.1) is 0 Å². The van der Waals surface area contributed by atoms with E-state index in [1.807, 2.05) is 0 Å². The van der Waals surface area contributed by atoms with Crippen molar-refractivity contribution in [2.24, 2.45) is 5.10 Å². The molecular formula is C14H12N4O6. The van der Waals surface area contributed by atoms with Crippen LogP contribution in [0.3, 0.4) is 0 Å². The molecule has 0 spiro atoms. The van der Waals surface area contributed by atoms with Gasteiger partial charge in [-0.3, -0.25) is 25.7 Å². The Hall–Kier alpha value is -3.69. The molecule has 2 aromatic carbocycles.